The van der Waals surface area contributed by atoms with Crippen molar-refractivity contribution in [1.82, 2.24) is 15.2 Å². The Bertz CT molecular complexity index is 491. The zero-order valence-electron chi connectivity index (χ0n) is 10.2. The molecule has 1 unspecified atom stereocenters. The normalized spacial score (nSPS) is 17.1. The minimum absolute atomic E-state index is 0.0183. The number of nitrogens with zero attached hydrogens (tertiary/aromatic N) is 3. The van der Waals surface area contributed by atoms with Crippen LogP contribution in [-0.4, -0.2) is 46.4 Å². The summed E-state index contributed by atoms with van der Waals surface area (Å²) in [6.45, 7) is 1.17. The lowest BCUT2D eigenvalue weighted by Crippen LogP contribution is -2.49. The fourth-order valence-electron chi connectivity index (χ4n) is 1.70. The van der Waals surface area contributed by atoms with Crippen molar-refractivity contribution in [2.24, 2.45) is 4.99 Å². The van der Waals surface area contributed by atoms with E-state index >= 15 is 0 Å². The van der Waals surface area contributed by atoms with Crippen LogP contribution >= 0.6 is 11.6 Å². The quantitative estimate of drug-likeness (QED) is 0.654. The van der Waals surface area contributed by atoms with Crippen LogP contribution in [0.1, 0.15) is 5.56 Å². The van der Waals surface area contributed by atoms with Gasteiger partial charge in [0.2, 0.25) is 6.23 Å². The molecule has 110 valence electrons. The van der Waals surface area contributed by atoms with Crippen molar-refractivity contribution in [3.8, 4) is 0 Å². The summed E-state index contributed by atoms with van der Waals surface area (Å²) in [7, 11) is 0. The summed E-state index contributed by atoms with van der Waals surface area (Å²) in [4.78, 5) is 9.40. The highest BCUT2D eigenvalue weighted by Crippen LogP contribution is 2.19. The Labute approximate surface area is 118 Å². The van der Waals surface area contributed by atoms with Gasteiger partial charge in [-0.1, -0.05) is 17.7 Å². The molecule has 0 amide bonds. The number of aliphatic hydroxyl groups is 1. The molecule has 9 heteroatoms. The first-order valence-corrected chi connectivity index (χ1v) is 6.15. The first kappa shape index (κ1) is 14.9. The minimum atomic E-state index is -4.74. The SMILES string of the molecule is OC(NC1=NCCN1Cc1ccc(Cl)nc1)C(F)(F)F. The average molecular weight is 309 g/mol. The predicted molar refractivity (Wildman–Crippen MR) is 67.2 cm³/mol. The van der Waals surface area contributed by atoms with Crippen molar-refractivity contribution in [3.05, 3.63) is 29.0 Å². The van der Waals surface area contributed by atoms with Crippen LogP contribution in [-0.2, 0) is 6.54 Å². The molecule has 0 spiro atoms. The lowest BCUT2D eigenvalue weighted by Gasteiger charge is -2.24. The number of pyridine rings is 1. The van der Waals surface area contributed by atoms with Crippen molar-refractivity contribution in [3.63, 3.8) is 0 Å². The summed E-state index contributed by atoms with van der Waals surface area (Å²) in [5, 5.41) is 11.3. The number of alkyl halides is 3. The van der Waals surface area contributed by atoms with Gasteiger partial charge in [0.05, 0.1) is 6.54 Å². The van der Waals surface area contributed by atoms with Crippen molar-refractivity contribution in [1.29, 1.82) is 0 Å². The zero-order valence-corrected chi connectivity index (χ0v) is 11.0. The van der Waals surface area contributed by atoms with Gasteiger partial charge in [-0.15, -0.1) is 0 Å². The van der Waals surface area contributed by atoms with Gasteiger partial charge in [-0.2, -0.15) is 13.2 Å². The van der Waals surface area contributed by atoms with E-state index in [1.165, 1.54) is 0 Å². The third-order valence-electron chi connectivity index (χ3n) is 2.67. The van der Waals surface area contributed by atoms with E-state index < -0.39 is 12.4 Å². The van der Waals surface area contributed by atoms with Crippen molar-refractivity contribution in [2.75, 3.05) is 13.1 Å². The Morgan fingerprint density at radius 3 is 2.80 bits per heavy atom. The van der Waals surface area contributed by atoms with Gasteiger partial charge in [-0.3, -0.25) is 4.99 Å². The van der Waals surface area contributed by atoms with Gasteiger partial charge in [-0.25, -0.2) is 4.98 Å². The van der Waals surface area contributed by atoms with Crippen LogP contribution in [0.25, 0.3) is 0 Å². The summed E-state index contributed by atoms with van der Waals surface area (Å²) in [5.74, 6) is 0.0183. The monoisotopic (exact) mass is 308 g/mol. The average Bonchev–Trinajstić information content (AvgIpc) is 2.78. The second kappa shape index (κ2) is 5.84. The van der Waals surface area contributed by atoms with E-state index in [9.17, 15) is 13.2 Å². The first-order chi connectivity index (χ1) is 9.36. The number of aliphatic hydroxyl groups excluding tert-OH is 1. The second-order valence-electron chi connectivity index (χ2n) is 4.20. The highest BCUT2D eigenvalue weighted by molar-refractivity contribution is 6.29. The Kier molecular flexibility index (Phi) is 4.34. The van der Waals surface area contributed by atoms with E-state index in [0.717, 1.165) is 5.56 Å². The molecular weight excluding hydrogens is 297 g/mol. The van der Waals surface area contributed by atoms with Gasteiger partial charge >= 0.3 is 6.18 Å². The molecule has 1 atom stereocenters. The van der Waals surface area contributed by atoms with Crippen LogP contribution in [0.15, 0.2) is 23.3 Å². The lowest BCUT2D eigenvalue weighted by molar-refractivity contribution is -0.208. The van der Waals surface area contributed by atoms with Gasteiger partial charge in [-0.05, 0) is 11.6 Å². The number of aromatic nitrogens is 1. The summed E-state index contributed by atoms with van der Waals surface area (Å²) in [6.07, 6.45) is -5.83. The Morgan fingerprint density at radius 1 is 1.45 bits per heavy atom. The molecule has 0 aromatic carbocycles. The van der Waals surface area contributed by atoms with Gasteiger partial charge < -0.3 is 15.3 Å². The molecule has 1 aliphatic heterocycles. The lowest BCUT2D eigenvalue weighted by atomic mass is 10.2. The topological polar surface area (TPSA) is 60.8 Å². The summed E-state index contributed by atoms with van der Waals surface area (Å²) >= 11 is 5.66. The van der Waals surface area contributed by atoms with Crippen molar-refractivity contribution >= 4 is 17.6 Å². The Hall–Kier alpha value is -1.54. The third kappa shape index (κ3) is 3.73. The number of aliphatic imine (C=N–C) groups is 1. The van der Waals surface area contributed by atoms with Gasteiger partial charge in [0.1, 0.15) is 5.15 Å². The molecule has 0 saturated heterocycles. The van der Waals surface area contributed by atoms with Crippen LogP contribution in [0.5, 0.6) is 0 Å². The molecule has 0 saturated carbocycles. The molecule has 0 aliphatic carbocycles. The van der Waals surface area contributed by atoms with E-state index in [1.54, 1.807) is 23.2 Å². The standard InChI is InChI=1S/C11H12ClF3N4O/c12-8-2-1-7(5-17-8)6-19-4-3-16-10(19)18-9(20)11(13,14)15/h1-2,5,9,20H,3-4,6H2,(H,16,18). The Balaban J connectivity index is 1.99. The number of halogens is 4. The fraction of sp³-hybridized carbons (Fsp3) is 0.455. The molecule has 1 aliphatic rings. The van der Waals surface area contributed by atoms with Gasteiger partial charge in [0, 0.05) is 19.3 Å². The van der Waals surface area contributed by atoms with Gasteiger partial charge in [0.25, 0.3) is 0 Å². The Morgan fingerprint density at radius 2 is 2.20 bits per heavy atom. The number of hydrogen-bond acceptors (Lipinski definition) is 5. The predicted octanol–water partition coefficient (Wildman–Crippen LogP) is 1.38. The molecule has 0 radical (unpaired) electrons. The number of hydrogen-bond donors (Lipinski definition) is 2. The van der Waals surface area contributed by atoms with E-state index in [-0.39, 0.29) is 5.96 Å². The van der Waals surface area contributed by atoms with Crippen LogP contribution in [0, 0.1) is 0 Å². The number of nitrogens with one attached hydrogen (secondary N) is 1. The zero-order chi connectivity index (χ0) is 14.8. The molecule has 1 aromatic rings. The molecule has 2 rings (SSSR count). The van der Waals surface area contributed by atoms with Gasteiger partial charge in [0.15, 0.2) is 5.96 Å². The molecule has 0 bridgehead atoms. The van der Waals surface area contributed by atoms with Crippen LogP contribution in [0.4, 0.5) is 13.2 Å². The highest BCUT2D eigenvalue weighted by atomic mass is 35.5. The fourth-order valence-corrected chi connectivity index (χ4v) is 1.81. The number of guanidine groups is 1. The maximum absolute atomic E-state index is 12.3. The first-order valence-electron chi connectivity index (χ1n) is 5.77. The van der Waals surface area contributed by atoms with Crippen LogP contribution < -0.4 is 5.32 Å². The summed E-state index contributed by atoms with van der Waals surface area (Å²) in [6, 6.07) is 3.33. The molecule has 2 N–H and O–H groups in total. The van der Waals surface area contributed by atoms with E-state index in [2.05, 4.69) is 9.98 Å². The summed E-state index contributed by atoms with van der Waals surface area (Å²) < 4.78 is 36.9. The number of rotatable bonds is 3. The van der Waals surface area contributed by atoms with E-state index in [0.29, 0.717) is 24.8 Å². The smallest absolute Gasteiger partial charge is 0.366 e. The molecule has 0 fully saturated rings. The van der Waals surface area contributed by atoms with Crippen molar-refractivity contribution < 1.29 is 18.3 Å². The molecular formula is C11H12ClF3N4O. The third-order valence-corrected chi connectivity index (χ3v) is 2.89. The largest absolute Gasteiger partial charge is 0.433 e. The molecule has 20 heavy (non-hydrogen) atoms. The highest BCUT2D eigenvalue weighted by Gasteiger charge is 2.40. The van der Waals surface area contributed by atoms with E-state index in [1.807, 2.05) is 5.32 Å². The van der Waals surface area contributed by atoms with Crippen LogP contribution in [0.2, 0.25) is 5.15 Å². The molecule has 5 nitrogen and oxygen atoms in total. The molecule has 1 aromatic heterocycles. The summed E-state index contributed by atoms with van der Waals surface area (Å²) in [5.41, 5.74) is 0.785. The minimum Gasteiger partial charge on any atom is -0.366 e. The maximum Gasteiger partial charge on any atom is 0.433 e. The van der Waals surface area contributed by atoms with E-state index in [4.69, 9.17) is 16.7 Å². The maximum atomic E-state index is 12.3. The van der Waals surface area contributed by atoms with Crippen molar-refractivity contribution in [2.45, 2.75) is 18.9 Å². The molecule has 2 heterocycles. The van der Waals surface area contributed by atoms with Crippen LogP contribution in [0.3, 0.4) is 0 Å². The second-order valence-corrected chi connectivity index (χ2v) is 4.59.